The highest BCUT2D eigenvalue weighted by atomic mass is 16.4. The predicted molar refractivity (Wildman–Crippen MR) is 89.9 cm³/mol. The monoisotopic (exact) mass is 356 g/mol. The van der Waals surface area contributed by atoms with E-state index >= 15 is 0 Å². The first kappa shape index (κ1) is 17.5. The Morgan fingerprint density at radius 1 is 1.00 bits per heavy atom. The van der Waals surface area contributed by atoms with Gasteiger partial charge >= 0.3 is 5.97 Å². The Balaban J connectivity index is 2.14. The SMILES string of the molecule is C[C@@H](CC(=O)O)Cc1c(O)cc2c(c1O)C(=O)c1cccc(O)c1C2=O. The summed E-state index contributed by atoms with van der Waals surface area (Å²) in [5, 5.41) is 39.5. The van der Waals surface area contributed by atoms with Crippen LogP contribution in [0.4, 0.5) is 0 Å². The summed E-state index contributed by atoms with van der Waals surface area (Å²) in [6.07, 6.45) is -0.162. The van der Waals surface area contributed by atoms with Gasteiger partial charge in [0.15, 0.2) is 11.6 Å². The van der Waals surface area contributed by atoms with Gasteiger partial charge < -0.3 is 20.4 Å². The summed E-state index contributed by atoms with van der Waals surface area (Å²) in [4.78, 5) is 36.2. The second-order valence-corrected chi connectivity index (χ2v) is 6.41. The van der Waals surface area contributed by atoms with E-state index in [1.807, 2.05) is 0 Å². The van der Waals surface area contributed by atoms with Gasteiger partial charge in [0.05, 0.1) is 11.1 Å². The quantitative estimate of drug-likeness (QED) is 0.563. The number of aromatic hydroxyl groups is 3. The van der Waals surface area contributed by atoms with Crippen molar-refractivity contribution in [3.05, 3.63) is 52.1 Å². The number of carbonyl (C=O) groups is 3. The molecule has 134 valence electrons. The summed E-state index contributed by atoms with van der Waals surface area (Å²) in [5.74, 6) is -4.05. The number of ketones is 2. The van der Waals surface area contributed by atoms with Gasteiger partial charge in [0.1, 0.15) is 17.2 Å². The molecule has 4 N–H and O–H groups in total. The first-order valence-electron chi connectivity index (χ1n) is 7.93. The summed E-state index contributed by atoms with van der Waals surface area (Å²) >= 11 is 0. The molecule has 1 aliphatic rings. The van der Waals surface area contributed by atoms with Gasteiger partial charge in [-0.1, -0.05) is 19.1 Å². The molecule has 7 heteroatoms. The van der Waals surface area contributed by atoms with Crippen LogP contribution in [0.25, 0.3) is 0 Å². The first-order valence-corrected chi connectivity index (χ1v) is 7.93. The predicted octanol–water partition coefficient (Wildman–Crippen LogP) is 2.23. The summed E-state index contributed by atoms with van der Waals surface area (Å²) in [7, 11) is 0. The molecule has 2 aromatic rings. The van der Waals surface area contributed by atoms with Crippen LogP contribution >= 0.6 is 0 Å². The van der Waals surface area contributed by atoms with E-state index in [0.717, 1.165) is 6.07 Å². The van der Waals surface area contributed by atoms with E-state index in [0.29, 0.717) is 0 Å². The zero-order valence-corrected chi connectivity index (χ0v) is 13.8. The molecule has 2 aromatic carbocycles. The van der Waals surface area contributed by atoms with Crippen LogP contribution in [0.15, 0.2) is 24.3 Å². The molecule has 7 nitrogen and oxygen atoms in total. The van der Waals surface area contributed by atoms with Crippen LogP contribution in [0, 0.1) is 5.92 Å². The minimum Gasteiger partial charge on any atom is -0.508 e. The molecule has 0 heterocycles. The lowest BCUT2D eigenvalue weighted by Crippen LogP contribution is -2.22. The van der Waals surface area contributed by atoms with Gasteiger partial charge in [0, 0.05) is 23.1 Å². The number of carboxylic acids is 1. The Hall–Kier alpha value is -3.35. The Morgan fingerprint density at radius 2 is 1.65 bits per heavy atom. The lowest BCUT2D eigenvalue weighted by molar-refractivity contribution is -0.137. The van der Waals surface area contributed by atoms with Crippen LogP contribution in [-0.4, -0.2) is 38.0 Å². The maximum Gasteiger partial charge on any atom is 0.303 e. The highest BCUT2D eigenvalue weighted by molar-refractivity contribution is 6.30. The molecule has 0 radical (unpaired) electrons. The van der Waals surface area contributed by atoms with Crippen molar-refractivity contribution in [3.8, 4) is 17.2 Å². The molecule has 0 saturated carbocycles. The second-order valence-electron chi connectivity index (χ2n) is 6.41. The molecule has 0 unspecified atom stereocenters. The van der Waals surface area contributed by atoms with Crippen molar-refractivity contribution < 1.29 is 34.8 Å². The Bertz CT molecular complexity index is 959. The largest absolute Gasteiger partial charge is 0.508 e. The topological polar surface area (TPSA) is 132 Å². The molecule has 1 atom stereocenters. The summed E-state index contributed by atoms with van der Waals surface area (Å²) < 4.78 is 0. The van der Waals surface area contributed by atoms with E-state index in [9.17, 15) is 29.7 Å². The molecule has 1 aliphatic carbocycles. The van der Waals surface area contributed by atoms with Crippen molar-refractivity contribution in [3.63, 3.8) is 0 Å². The van der Waals surface area contributed by atoms with Gasteiger partial charge in [-0.25, -0.2) is 0 Å². The molecule has 0 amide bonds. The van der Waals surface area contributed by atoms with Crippen molar-refractivity contribution in [1.29, 1.82) is 0 Å². The van der Waals surface area contributed by atoms with Crippen molar-refractivity contribution in [2.24, 2.45) is 5.92 Å². The minimum atomic E-state index is -1.02. The standard InChI is InChI=1S/C19H16O7/c1-8(6-14(22)23)5-10-13(21)7-11-16(18(10)25)17(24)9-3-2-4-12(20)15(9)19(11)26/h2-4,7-8,20-21,25H,5-6H2,1H3,(H,22,23)/t8-/m1/s1. The van der Waals surface area contributed by atoms with Crippen LogP contribution in [0.2, 0.25) is 0 Å². The van der Waals surface area contributed by atoms with E-state index in [1.165, 1.54) is 18.2 Å². The highest BCUT2D eigenvalue weighted by Crippen LogP contribution is 2.42. The van der Waals surface area contributed by atoms with E-state index < -0.39 is 35.0 Å². The van der Waals surface area contributed by atoms with Crippen molar-refractivity contribution in [2.45, 2.75) is 19.8 Å². The van der Waals surface area contributed by atoms with Crippen LogP contribution < -0.4 is 0 Å². The number of aliphatic carboxylic acids is 1. The van der Waals surface area contributed by atoms with Crippen molar-refractivity contribution >= 4 is 17.5 Å². The Labute approximate surface area is 148 Å². The summed E-state index contributed by atoms with van der Waals surface area (Å²) in [6, 6.07) is 5.14. The van der Waals surface area contributed by atoms with E-state index in [-0.39, 0.29) is 46.4 Å². The van der Waals surface area contributed by atoms with Crippen LogP contribution in [0.5, 0.6) is 17.2 Å². The number of carbonyl (C=O) groups excluding carboxylic acids is 2. The summed E-state index contributed by atoms with van der Waals surface area (Å²) in [5.41, 5.74) is -0.636. The van der Waals surface area contributed by atoms with Gasteiger partial charge in [0.2, 0.25) is 0 Å². The smallest absolute Gasteiger partial charge is 0.303 e. The number of carboxylic acid groups (broad SMARTS) is 1. The molecule has 0 bridgehead atoms. The fourth-order valence-electron chi connectivity index (χ4n) is 3.26. The summed E-state index contributed by atoms with van der Waals surface area (Å²) in [6.45, 7) is 1.63. The number of phenolic OH excluding ortho intramolecular Hbond substituents is 3. The Morgan fingerprint density at radius 3 is 2.31 bits per heavy atom. The van der Waals surface area contributed by atoms with Crippen LogP contribution in [-0.2, 0) is 11.2 Å². The number of benzene rings is 2. The number of fused-ring (bicyclic) bond motifs is 2. The third kappa shape index (κ3) is 2.67. The van der Waals surface area contributed by atoms with E-state index in [2.05, 4.69) is 0 Å². The minimum absolute atomic E-state index is 0.0160. The van der Waals surface area contributed by atoms with E-state index in [4.69, 9.17) is 5.11 Å². The normalized spacial score (nSPS) is 13.9. The number of phenols is 3. The Kier molecular flexibility index (Phi) is 4.15. The molecular formula is C19H16O7. The first-order chi connectivity index (χ1) is 12.2. The lowest BCUT2D eigenvalue weighted by atomic mass is 9.81. The van der Waals surface area contributed by atoms with Gasteiger partial charge in [-0.3, -0.25) is 14.4 Å². The maximum atomic E-state index is 12.8. The van der Waals surface area contributed by atoms with Gasteiger partial charge in [0.25, 0.3) is 0 Å². The molecule has 26 heavy (non-hydrogen) atoms. The average molecular weight is 356 g/mol. The van der Waals surface area contributed by atoms with Gasteiger partial charge in [-0.15, -0.1) is 0 Å². The number of hydrogen-bond acceptors (Lipinski definition) is 6. The molecule has 0 saturated heterocycles. The molecule has 0 aliphatic heterocycles. The number of hydrogen-bond donors (Lipinski definition) is 4. The molecule has 0 aromatic heterocycles. The molecule has 3 rings (SSSR count). The second kappa shape index (κ2) is 6.18. The van der Waals surface area contributed by atoms with Crippen LogP contribution in [0.3, 0.4) is 0 Å². The fourth-order valence-corrected chi connectivity index (χ4v) is 3.26. The lowest BCUT2D eigenvalue weighted by Gasteiger charge is -2.22. The maximum absolute atomic E-state index is 12.8. The fraction of sp³-hybridized carbons (Fsp3) is 0.211. The zero-order chi connectivity index (χ0) is 19.2. The molecule has 0 fully saturated rings. The highest BCUT2D eigenvalue weighted by Gasteiger charge is 2.36. The van der Waals surface area contributed by atoms with Crippen molar-refractivity contribution in [1.82, 2.24) is 0 Å². The van der Waals surface area contributed by atoms with Gasteiger partial charge in [-0.2, -0.15) is 0 Å². The van der Waals surface area contributed by atoms with Gasteiger partial charge in [-0.05, 0) is 24.5 Å². The third-order valence-corrected chi connectivity index (χ3v) is 4.44. The van der Waals surface area contributed by atoms with E-state index in [1.54, 1.807) is 6.92 Å². The van der Waals surface area contributed by atoms with Crippen LogP contribution in [0.1, 0.15) is 50.8 Å². The average Bonchev–Trinajstić information content (AvgIpc) is 2.55. The molecular weight excluding hydrogens is 340 g/mol. The third-order valence-electron chi connectivity index (χ3n) is 4.44. The number of rotatable bonds is 4. The zero-order valence-electron chi connectivity index (χ0n) is 13.8. The molecule has 0 spiro atoms. The van der Waals surface area contributed by atoms with Crippen molar-refractivity contribution in [2.75, 3.05) is 0 Å².